The standard InChI is InChI=1S/C24H24Cl2N4OS/c25-18-7-8-21(20(26)14-18)30-23-17(13-16-9-12-32-15-16)5-4-6-19(23)22(27-30)24(31)28-29-10-2-1-3-11-29/h7-9,12-15H,1-6,10-11H2,(H,28,31). The first-order valence-corrected chi connectivity index (χ1v) is 12.7. The summed E-state index contributed by atoms with van der Waals surface area (Å²) in [5.41, 5.74) is 8.56. The van der Waals surface area contributed by atoms with Crippen molar-refractivity contribution >= 4 is 52.1 Å². The molecule has 2 aromatic heterocycles. The minimum atomic E-state index is -0.149. The number of benzene rings is 1. The third-order valence-corrected chi connectivity index (χ3v) is 7.25. The Labute approximate surface area is 201 Å². The number of hydrogen-bond acceptors (Lipinski definition) is 4. The second-order valence-electron chi connectivity index (χ2n) is 8.25. The van der Waals surface area contributed by atoms with Gasteiger partial charge in [-0.1, -0.05) is 29.6 Å². The van der Waals surface area contributed by atoms with Gasteiger partial charge in [0.25, 0.3) is 5.91 Å². The average Bonchev–Trinajstić information content (AvgIpc) is 3.43. The highest BCUT2D eigenvalue weighted by molar-refractivity contribution is 7.08. The van der Waals surface area contributed by atoms with Crippen molar-refractivity contribution in [2.45, 2.75) is 38.5 Å². The largest absolute Gasteiger partial charge is 0.286 e. The number of hydrogen-bond donors (Lipinski definition) is 1. The highest BCUT2D eigenvalue weighted by Gasteiger charge is 2.30. The second kappa shape index (κ2) is 9.40. The molecule has 0 radical (unpaired) electrons. The van der Waals surface area contributed by atoms with E-state index in [9.17, 15) is 4.79 Å². The van der Waals surface area contributed by atoms with Gasteiger partial charge in [0.1, 0.15) is 0 Å². The summed E-state index contributed by atoms with van der Waals surface area (Å²) in [6.07, 6.45) is 8.32. The molecule has 5 nitrogen and oxygen atoms in total. The highest BCUT2D eigenvalue weighted by Crippen LogP contribution is 2.37. The Morgan fingerprint density at radius 2 is 1.94 bits per heavy atom. The topological polar surface area (TPSA) is 50.2 Å². The molecule has 8 heteroatoms. The third-order valence-electron chi connectivity index (χ3n) is 6.01. The van der Waals surface area contributed by atoms with Gasteiger partial charge in [-0.2, -0.15) is 16.4 Å². The Hall–Kier alpha value is -2.12. The van der Waals surface area contributed by atoms with Crippen molar-refractivity contribution in [2.24, 2.45) is 0 Å². The first-order valence-electron chi connectivity index (χ1n) is 11.0. The summed E-state index contributed by atoms with van der Waals surface area (Å²) in [5, 5.41) is 12.1. The minimum absolute atomic E-state index is 0.149. The molecule has 5 rings (SSSR count). The average molecular weight is 487 g/mol. The number of piperidine rings is 1. The Morgan fingerprint density at radius 3 is 2.69 bits per heavy atom. The number of thiophene rings is 1. The van der Waals surface area contributed by atoms with Gasteiger partial charge in [-0.25, -0.2) is 9.69 Å². The monoisotopic (exact) mass is 486 g/mol. The SMILES string of the molecule is O=C(NN1CCCCC1)c1nn(-c2ccc(Cl)cc2Cl)c2c1CCCC2=Cc1ccsc1. The molecule has 0 bridgehead atoms. The molecule has 3 aromatic rings. The Morgan fingerprint density at radius 1 is 1.09 bits per heavy atom. The van der Waals surface area contributed by atoms with Crippen LogP contribution in [0.5, 0.6) is 0 Å². The fraction of sp³-hybridized carbons (Fsp3) is 0.333. The van der Waals surface area contributed by atoms with E-state index in [1.165, 1.54) is 12.0 Å². The van der Waals surface area contributed by atoms with Crippen molar-refractivity contribution in [3.8, 4) is 5.69 Å². The van der Waals surface area contributed by atoms with Crippen LogP contribution in [0.3, 0.4) is 0 Å². The van der Waals surface area contributed by atoms with Gasteiger partial charge in [-0.3, -0.25) is 10.2 Å². The zero-order valence-corrected chi connectivity index (χ0v) is 19.9. The number of rotatable bonds is 4. The molecule has 1 aromatic carbocycles. The van der Waals surface area contributed by atoms with E-state index >= 15 is 0 Å². The maximum Gasteiger partial charge on any atom is 0.286 e. The Kier molecular flexibility index (Phi) is 6.37. The number of nitrogens with zero attached hydrogens (tertiary/aromatic N) is 3. The first kappa shape index (κ1) is 21.7. The lowest BCUT2D eigenvalue weighted by molar-refractivity contribution is 0.0743. The fourth-order valence-corrected chi connectivity index (χ4v) is 5.61. The van der Waals surface area contributed by atoms with Crippen LogP contribution in [-0.4, -0.2) is 33.8 Å². The zero-order valence-electron chi connectivity index (χ0n) is 17.6. The van der Waals surface area contributed by atoms with Gasteiger partial charge in [0.2, 0.25) is 0 Å². The molecule has 1 amide bonds. The predicted molar refractivity (Wildman–Crippen MR) is 132 cm³/mol. The molecular weight excluding hydrogens is 463 g/mol. The predicted octanol–water partition coefficient (Wildman–Crippen LogP) is 6.25. The second-order valence-corrected chi connectivity index (χ2v) is 9.88. The van der Waals surface area contributed by atoms with Crippen molar-refractivity contribution in [3.63, 3.8) is 0 Å². The molecule has 1 aliphatic carbocycles. The quantitative estimate of drug-likeness (QED) is 0.474. The van der Waals surface area contributed by atoms with Crippen LogP contribution in [0.4, 0.5) is 0 Å². The molecule has 0 unspecified atom stereocenters. The molecule has 2 aliphatic rings. The van der Waals surface area contributed by atoms with E-state index in [-0.39, 0.29) is 5.91 Å². The third kappa shape index (κ3) is 4.37. The number of fused-ring (bicyclic) bond motifs is 1. The summed E-state index contributed by atoms with van der Waals surface area (Å²) in [6.45, 7) is 1.75. The van der Waals surface area contributed by atoms with E-state index in [0.717, 1.165) is 67.7 Å². The van der Waals surface area contributed by atoms with E-state index in [0.29, 0.717) is 15.7 Å². The van der Waals surface area contributed by atoms with Gasteiger partial charge in [0.15, 0.2) is 5.69 Å². The number of halogens is 2. The lowest BCUT2D eigenvalue weighted by Gasteiger charge is -2.26. The maximum absolute atomic E-state index is 13.3. The van der Waals surface area contributed by atoms with Crippen molar-refractivity contribution < 1.29 is 4.79 Å². The summed E-state index contributed by atoms with van der Waals surface area (Å²) in [6, 6.07) is 7.48. The van der Waals surface area contributed by atoms with Crippen molar-refractivity contribution in [3.05, 3.63) is 67.6 Å². The van der Waals surface area contributed by atoms with E-state index in [1.807, 2.05) is 15.8 Å². The number of hydrazine groups is 1. The molecule has 0 spiro atoms. The number of carbonyl (C=O) groups excluding carboxylic acids is 1. The summed E-state index contributed by atoms with van der Waals surface area (Å²) in [4.78, 5) is 13.3. The van der Waals surface area contributed by atoms with Crippen LogP contribution in [0.2, 0.25) is 10.0 Å². The van der Waals surface area contributed by atoms with Crippen LogP contribution in [0.1, 0.15) is 59.4 Å². The Bertz CT molecular complexity index is 1160. The van der Waals surface area contributed by atoms with Crippen molar-refractivity contribution in [1.82, 2.24) is 20.2 Å². The number of carbonyl (C=O) groups is 1. The molecule has 32 heavy (non-hydrogen) atoms. The summed E-state index contributed by atoms with van der Waals surface area (Å²) >= 11 is 14.4. The van der Waals surface area contributed by atoms with E-state index in [1.54, 1.807) is 23.5 Å². The van der Waals surface area contributed by atoms with Crippen LogP contribution in [0, 0.1) is 0 Å². The van der Waals surface area contributed by atoms with E-state index < -0.39 is 0 Å². The van der Waals surface area contributed by atoms with Crippen LogP contribution < -0.4 is 5.43 Å². The molecule has 0 saturated carbocycles. The molecule has 166 valence electrons. The van der Waals surface area contributed by atoms with Gasteiger partial charge in [0.05, 0.1) is 16.4 Å². The molecule has 1 N–H and O–H groups in total. The number of amides is 1. The number of nitrogens with one attached hydrogen (secondary N) is 1. The molecule has 0 atom stereocenters. The smallest absolute Gasteiger partial charge is 0.283 e. The number of aromatic nitrogens is 2. The van der Waals surface area contributed by atoms with Gasteiger partial charge in [0, 0.05) is 23.7 Å². The molecule has 1 aliphatic heterocycles. The van der Waals surface area contributed by atoms with Crippen molar-refractivity contribution in [2.75, 3.05) is 13.1 Å². The van der Waals surface area contributed by atoms with Crippen LogP contribution >= 0.6 is 34.5 Å². The molecule has 1 saturated heterocycles. The van der Waals surface area contributed by atoms with Crippen molar-refractivity contribution in [1.29, 1.82) is 0 Å². The van der Waals surface area contributed by atoms with Crippen LogP contribution in [-0.2, 0) is 6.42 Å². The minimum Gasteiger partial charge on any atom is -0.283 e. The van der Waals surface area contributed by atoms with E-state index in [4.69, 9.17) is 28.3 Å². The summed E-state index contributed by atoms with van der Waals surface area (Å²) in [7, 11) is 0. The summed E-state index contributed by atoms with van der Waals surface area (Å²) < 4.78 is 1.83. The highest BCUT2D eigenvalue weighted by atomic mass is 35.5. The molecule has 1 fully saturated rings. The van der Waals surface area contributed by atoms with Crippen LogP contribution in [0.15, 0.2) is 35.0 Å². The van der Waals surface area contributed by atoms with Gasteiger partial charge in [-0.05, 0) is 84.3 Å². The fourth-order valence-electron chi connectivity index (χ4n) is 4.50. The van der Waals surface area contributed by atoms with Crippen LogP contribution in [0.25, 0.3) is 17.3 Å². The van der Waals surface area contributed by atoms with Gasteiger partial charge < -0.3 is 0 Å². The number of allylic oxidation sites excluding steroid dienone is 1. The summed E-state index contributed by atoms with van der Waals surface area (Å²) in [5.74, 6) is -0.149. The maximum atomic E-state index is 13.3. The van der Waals surface area contributed by atoms with E-state index in [2.05, 4.69) is 28.3 Å². The lowest BCUT2D eigenvalue weighted by atomic mass is 9.90. The van der Waals surface area contributed by atoms with Gasteiger partial charge >= 0.3 is 0 Å². The zero-order chi connectivity index (χ0) is 22.1. The molecular formula is C24H24Cl2N4OS. The first-order chi connectivity index (χ1) is 15.6. The normalized spacial score (nSPS) is 18.0. The Balaban J connectivity index is 1.61. The van der Waals surface area contributed by atoms with Gasteiger partial charge in [-0.15, -0.1) is 0 Å². The lowest BCUT2D eigenvalue weighted by Crippen LogP contribution is -2.45. The molecule has 3 heterocycles.